The number of likely N-dealkylation sites (tertiary alicyclic amines) is 1. The minimum Gasteiger partial charge on any atom is -0.298 e. The molecule has 0 bridgehead atoms. The molecule has 1 heterocycles. The summed E-state index contributed by atoms with van der Waals surface area (Å²) in [6.45, 7) is 7.84. The van der Waals surface area contributed by atoms with Crippen molar-refractivity contribution in [3.05, 3.63) is 0 Å². The van der Waals surface area contributed by atoms with Gasteiger partial charge in [0.1, 0.15) is 0 Å². The van der Waals surface area contributed by atoms with E-state index in [9.17, 15) is 13.2 Å². The molecule has 14 heavy (non-hydrogen) atoms. The van der Waals surface area contributed by atoms with Crippen LogP contribution in [0.1, 0.15) is 34.1 Å². The van der Waals surface area contributed by atoms with E-state index >= 15 is 0 Å². The smallest absolute Gasteiger partial charge is 0.298 e. The summed E-state index contributed by atoms with van der Waals surface area (Å²) >= 11 is 0. The van der Waals surface area contributed by atoms with E-state index in [1.807, 2.05) is 25.7 Å². The Morgan fingerprint density at radius 2 is 1.64 bits per heavy atom. The van der Waals surface area contributed by atoms with Gasteiger partial charge in [-0.3, -0.25) is 4.90 Å². The van der Waals surface area contributed by atoms with Crippen molar-refractivity contribution < 1.29 is 13.2 Å². The summed E-state index contributed by atoms with van der Waals surface area (Å²) in [6.07, 6.45) is -3.86. The van der Waals surface area contributed by atoms with E-state index in [0.717, 1.165) is 0 Å². The van der Waals surface area contributed by atoms with Crippen LogP contribution in [0.3, 0.4) is 0 Å². The molecule has 4 heteroatoms. The molecule has 0 saturated carbocycles. The normalized spacial score (nSPS) is 31.1. The third-order valence-corrected chi connectivity index (χ3v) is 3.11. The van der Waals surface area contributed by atoms with Crippen molar-refractivity contribution in [1.82, 2.24) is 4.90 Å². The summed E-state index contributed by atoms with van der Waals surface area (Å²) in [5.41, 5.74) is -1.68. The summed E-state index contributed by atoms with van der Waals surface area (Å²) in [5.74, 6) is 0. The van der Waals surface area contributed by atoms with Gasteiger partial charge in [0.05, 0.1) is 5.41 Å². The highest BCUT2D eigenvalue weighted by Gasteiger charge is 2.55. The van der Waals surface area contributed by atoms with Crippen molar-refractivity contribution in [2.45, 2.75) is 45.8 Å². The van der Waals surface area contributed by atoms with Gasteiger partial charge in [0.15, 0.2) is 0 Å². The highest BCUT2D eigenvalue weighted by Crippen LogP contribution is 2.46. The number of hydrogen-bond acceptors (Lipinski definition) is 1. The van der Waals surface area contributed by atoms with Gasteiger partial charge >= 0.3 is 6.18 Å². The van der Waals surface area contributed by atoms with Crippen LogP contribution in [0.4, 0.5) is 13.2 Å². The largest absolute Gasteiger partial charge is 0.395 e. The minimum atomic E-state index is -4.08. The molecule has 84 valence electrons. The van der Waals surface area contributed by atoms with Crippen LogP contribution in [-0.2, 0) is 0 Å². The van der Waals surface area contributed by atoms with E-state index in [1.54, 1.807) is 0 Å². The Labute approximate surface area is 83.3 Å². The van der Waals surface area contributed by atoms with Crippen LogP contribution in [0.2, 0.25) is 0 Å². The average molecular weight is 209 g/mol. The van der Waals surface area contributed by atoms with Crippen molar-refractivity contribution in [2.75, 3.05) is 13.1 Å². The molecule has 1 atom stereocenters. The standard InChI is InChI=1S/C10H18F3N/c1-8(2,3)14-6-5-9(4,7-14)10(11,12)13/h5-7H2,1-4H3. The van der Waals surface area contributed by atoms with E-state index in [0.29, 0.717) is 6.54 Å². The van der Waals surface area contributed by atoms with E-state index in [-0.39, 0.29) is 18.5 Å². The van der Waals surface area contributed by atoms with Crippen molar-refractivity contribution in [3.8, 4) is 0 Å². The first-order valence-electron chi connectivity index (χ1n) is 4.88. The van der Waals surface area contributed by atoms with E-state index in [4.69, 9.17) is 0 Å². The molecule has 0 aromatic rings. The van der Waals surface area contributed by atoms with Crippen LogP contribution in [0.25, 0.3) is 0 Å². The molecule has 1 nitrogen and oxygen atoms in total. The zero-order chi connectivity index (χ0) is 11.2. The molecule has 0 spiro atoms. The second kappa shape index (κ2) is 3.12. The van der Waals surface area contributed by atoms with Crippen LogP contribution in [0, 0.1) is 5.41 Å². The first-order valence-corrected chi connectivity index (χ1v) is 4.88. The molecule has 1 aliphatic heterocycles. The second-order valence-corrected chi connectivity index (χ2v) is 5.40. The van der Waals surface area contributed by atoms with Gasteiger partial charge in [0, 0.05) is 12.1 Å². The Balaban J connectivity index is 2.75. The lowest BCUT2D eigenvalue weighted by atomic mass is 9.89. The summed E-state index contributed by atoms with van der Waals surface area (Å²) < 4.78 is 38.0. The first kappa shape index (κ1) is 11.8. The zero-order valence-electron chi connectivity index (χ0n) is 9.20. The zero-order valence-corrected chi connectivity index (χ0v) is 9.20. The molecule has 0 N–H and O–H groups in total. The van der Waals surface area contributed by atoms with Crippen molar-refractivity contribution in [3.63, 3.8) is 0 Å². The predicted molar refractivity (Wildman–Crippen MR) is 50.1 cm³/mol. The number of nitrogens with zero attached hydrogens (tertiary/aromatic N) is 1. The number of halogens is 3. The molecule has 1 aliphatic rings. The molecule has 0 aliphatic carbocycles. The van der Waals surface area contributed by atoms with Gasteiger partial charge in [-0.15, -0.1) is 0 Å². The lowest BCUT2D eigenvalue weighted by Crippen LogP contribution is -2.44. The summed E-state index contributed by atoms with van der Waals surface area (Å²) in [4.78, 5) is 1.90. The number of rotatable bonds is 0. The van der Waals surface area contributed by atoms with Gasteiger partial charge in [0.25, 0.3) is 0 Å². The predicted octanol–water partition coefficient (Wildman–Crippen LogP) is 3.06. The van der Waals surface area contributed by atoms with Gasteiger partial charge < -0.3 is 0 Å². The minimum absolute atomic E-state index is 0.125. The quantitative estimate of drug-likeness (QED) is 0.592. The average Bonchev–Trinajstić information content (AvgIpc) is 2.29. The number of hydrogen-bond donors (Lipinski definition) is 0. The fraction of sp³-hybridized carbons (Fsp3) is 1.00. The van der Waals surface area contributed by atoms with Crippen LogP contribution in [0.15, 0.2) is 0 Å². The third kappa shape index (κ3) is 2.05. The Hall–Kier alpha value is -0.250. The Morgan fingerprint density at radius 1 is 1.14 bits per heavy atom. The van der Waals surface area contributed by atoms with E-state index in [2.05, 4.69) is 0 Å². The Bertz CT molecular complexity index is 216. The second-order valence-electron chi connectivity index (χ2n) is 5.40. The summed E-state index contributed by atoms with van der Waals surface area (Å²) in [5, 5.41) is 0. The fourth-order valence-electron chi connectivity index (χ4n) is 1.77. The van der Waals surface area contributed by atoms with Crippen molar-refractivity contribution in [1.29, 1.82) is 0 Å². The van der Waals surface area contributed by atoms with Crippen LogP contribution >= 0.6 is 0 Å². The highest BCUT2D eigenvalue weighted by atomic mass is 19.4. The van der Waals surface area contributed by atoms with Crippen LogP contribution in [-0.4, -0.2) is 29.7 Å². The third-order valence-electron chi connectivity index (χ3n) is 3.11. The number of alkyl halides is 3. The van der Waals surface area contributed by atoms with Gasteiger partial charge in [-0.1, -0.05) is 0 Å². The Kier molecular flexibility index (Phi) is 2.64. The Morgan fingerprint density at radius 3 is 1.86 bits per heavy atom. The summed E-state index contributed by atoms with van der Waals surface area (Å²) in [7, 11) is 0. The maximum atomic E-state index is 12.7. The van der Waals surface area contributed by atoms with Gasteiger partial charge in [-0.05, 0) is 40.7 Å². The van der Waals surface area contributed by atoms with Crippen LogP contribution in [0.5, 0.6) is 0 Å². The lowest BCUT2D eigenvalue weighted by Gasteiger charge is -2.34. The molecule has 1 fully saturated rings. The maximum Gasteiger partial charge on any atom is 0.395 e. The fourth-order valence-corrected chi connectivity index (χ4v) is 1.77. The van der Waals surface area contributed by atoms with Crippen molar-refractivity contribution >= 4 is 0 Å². The molecule has 0 aromatic carbocycles. The summed E-state index contributed by atoms with van der Waals surface area (Å²) in [6, 6.07) is 0. The molecule has 0 amide bonds. The monoisotopic (exact) mass is 209 g/mol. The molecule has 1 unspecified atom stereocenters. The molecular formula is C10H18F3N. The SMILES string of the molecule is CC(C)(C)N1CCC(C)(C(F)(F)F)C1. The van der Waals surface area contributed by atoms with Crippen molar-refractivity contribution in [2.24, 2.45) is 5.41 Å². The molecule has 1 saturated heterocycles. The highest BCUT2D eigenvalue weighted by molar-refractivity contribution is 4.95. The first-order chi connectivity index (χ1) is 6.06. The lowest BCUT2D eigenvalue weighted by molar-refractivity contribution is -0.213. The van der Waals surface area contributed by atoms with E-state index in [1.165, 1.54) is 6.92 Å². The van der Waals surface area contributed by atoms with Gasteiger partial charge in [-0.25, -0.2) is 0 Å². The molecule has 0 aromatic heterocycles. The van der Waals surface area contributed by atoms with Gasteiger partial charge in [0.2, 0.25) is 0 Å². The molecule has 1 rings (SSSR count). The van der Waals surface area contributed by atoms with Crippen LogP contribution < -0.4 is 0 Å². The maximum absolute atomic E-state index is 12.7. The van der Waals surface area contributed by atoms with E-state index < -0.39 is 11.6 Å². The molecule has 0 radical (unpaired) electrons. The van der Waals surface area contributed by atoms with Gasteiger partial charge in [-0.2, -0.15) is 13.2 Å². The molecular weight excluding hydrogens is 191 g/mol. The topological polar surface area (TPSA) is 3.24 Å².